The first kappa shape index (κ1) is 15.1. The molecule has 0 radical (unpaired) electrons. The van der Waals surface area contributed by atoms with Crippen molar-refractivity contribution in [2.24, 2.45) is 0 Å². The summed E-state index contributed by atoms with van der Waals surface area (Å²) in [4.78, 5) is 5.01. The molecule has 106 valence electrons. The van der Waals surface area contributed by atoms with E-state index in [1.165, 1.54) is 12.1 Å². The Morgan fingerprint density at radius 1 is 1.26 bits per heavy atom. The number of halogens is 2. The van der Waals surface area contributed by atoms with E-state index >= 15 is 0 Å². The minimum Gasteiger partial charge on any atom is -0.369 e. The topological polar surface area (TPSA) is 6.48 Å². The number of alkyl halides is 1. The van der Waals surface area contributed by atoms with Crippen molar-refractivity contribution in [3.8, 4) is 0 Å². The molecular formula is C15H22BrClN2. The minimum atomic E-state index is 0.696. The molecule has 0 N–H and O–H groups in total. The van der Waals surface area contributed by atoms with E-state index in [4.69, 9.17) is 11.6 Å². The zero-order chi connectivity index (χ0) is 13.8. The predicted molar refractivity (Wildman–Crippen MR) is 87.6 cm³/mol. The van der Waals surface area contributed by atoms with Crippen LogP contribution < -0.4 is 4.90 Å². The number of nitrogens with zero attached hydrogens (tertiary/aromatic N) is 2. The molecule has 0 aromatic heterocycles. The van der Waals surface area contributed by atoms with Crippen LogP contribution in [0.2, 0.25) is 5.02 Å². The van der Waals surface area contributed by atoms with Crippen LogP contribution in [0.25, 0.3) is 0 Å². The summed E-state index contributed by atoms with van der Waals surface area (Å²) in [6.45, 7) is 9.05. The maximum absolute atomic E-state index is 6.28. The zero-order valence-electron chi connectivity index (χ0n) is 11.7. The van der Waals surface area contributed by atoms with Crippen molar-refractivity contribution in [3.05, 3.63) is 28.8 Å². The molecule has 19 heavy (non-hydrogen) atoms. The molecule has 0 saturated carbocycles. The van der Waals surface area contributed by atoms with Gasteiger partial charge in [-0.15, -0.1) is 0 Å². The van der Waals surface area contributed by atoms with E-state index in [0.717, 1.165) is 42.1 Å². The lowest BCUT2D eigenvalue weighted by molar-refractivity contribution is 0.193. The molecule has 2 rings (SSSR count). The van der Waals surface area contributed by atoms with Gasteiger partial charge in [-0.05, 0) is 31.0 Å². The lowest BCUT2D eigenvalue weighted by atomic mass is 10.1. The second kappa shape index (κ2) is 6.96. The smallest absolute Gasteiger partial charge is 0.0467 e. The van der Waals surface area contributed by atoms with Gasteiger partial charge in [0.1, 0.15) is 0 Å². The largest absolute Gasteiger partial charge is 0.369 e. The maximum atomic E-state index is 6.28. The van der Waals surface area contributed by atoms with Gasteiger partial charge in [0.15, 0.2) is 0 Å². The second-order valence-electron chi connectivity index (χ2n) is 5.19. The highest BCUT2D eigenvalue weighted by Crippen LogP contribution is 2.26. The fraction of sp³-hybridized carbons (Fsp3) is 0.600. The van der Waals surface area contributed by atoms with Gasteiger partial charge < -0.3 is 4.90 Å². The van der Waals surface area contributed by atoms with Crippen molar-refractivity contribution < 1.29 is 0 Å². The SMILES string of the molecule is CCC(C)N1CCN(c2ccc(CBr)c(Cl)c2)CC1. The molecule has 1 atom stereocenters. The van der Waals surface area contributed by atoms with E-state index in [9.17, 15) is 0 Å². The molecule has 2 nitrogen and oxygen atoms in total. The Hall–Kier alpha value is -0.250. The van der Waals surface area contributed by atoms with Crippen LogP contribution in [0.1, 0.15) is 25.8 Å². The fourth-order valence-electron chi connectivity index (χ4n) is 2.52. The first-order valence-corrected chi connectivity index (χ1v) is 8.49. The molecule has 0 amide bonds. The van der Waals surface area contributed by atoms with Crippen LogP contribution in [0.4, 0.5) is 5.69 Å². The molecule has 4 heteroatoms. The van der Waals surface area contributed by atoms with E-state index in [2.05, 4.69) is 57.8 Å². The molecule has 1 saturated heterocycles. The van der Waals surface area contributed by atoms with E-state index in [1.807, 2.05) is 0 Å². The molecular weight excluding hydrogens is 324 g/mol. The Balaban J connectivity index is 1.99. The van der Waals surface area contributed by atoms with Gasteiger partial charge >= 0.3 is 0 Å². The van der Waals surface area contributed by atoms with Crippen LogP contribution in [0.3, 0.4) is 0 Å². The number of hydrogen-bond donors (Lipinski definition) is 0. The summed E-state index contributed by atoms with van der Waals surface area (Å²) in [5.41, 5.74) is 2.40. The third-order valence-corrected chi connectivity index (χ3v) is 5.03. The fourth-order valence-corrected chi connectivity index (χ4v) is 3.41. The molecule has 1 aliphatic rings. The summed E-state index contributed by atoms with van der Waals surface area (Å²) < 4.78 is 0. The van der Waals surface area contributed by atoms with Crippen LogP contribution in [-0.2, 0) is 5.33 Å². The van der Waals surface area contributed by atoms with Gasteiger partial charge in [0, 0.05) is 48.3 Å². The summed E-state index contributed by atoms with van der Waals surface area (Å²) >= 11 is 9.74. The average molecular weight is 346 g/mol. The van der Waals surface area contributed by atoms with Crippen molar-refractivity contribution in [2.45, 2.75) is 31.6 Å². The van der Waals surface area contributed by atoms with Gasteiger partial charge in [-0.1, -0.05) is 40.5 Å². The van der Waals surface area contributed by atoms with Gasteiger partial charge in [0.25, 0.3) is 0 Å². The zero-order valence-corrected chi connectivity index (χ0v) is 14.0. The number of rotatable bonds is 4. The van der Waals surface area contributed by atoms with Gasteiger partial charge in [0.05, 0.1) is 0 Å². The Labute approximate surface area is 129 Å². The van der Waals surface area contributed by atoms with Crippen LogP contribution in [-0.4, -0.2) is 37.1 Å². The molecule has 0 bridgehead atoms. The summed E-state index contributed by atoms with van der Waals surface area (Å²) in [5, 5.41) is 1.67. The summed E-state index contributed by atoms with van der Waals surface area (Å²) in [5.74, 6) is 0. The normalized spacial score (nSPS) is 18.6. The van der Waals surface area contributed by atoms with Crippen molar-refractivity contribution in [1.82, 2.24) is 4.90 Å². The number of benzene rings is 1. The standard InChI is InChI=1S/C15H22BrClN2/c1-3-12(2)18-6-8-19(9-7-18)14-5-4-13(11-16)15(17)10-14/h4-5,10,12H,3,6-9,11H2,1-2H3. The van der Waals surface area contributed by atoms with E-state index in [0.29, 0.717) is 6.04 Å². The first-order valence-electron chi connectivity index (χ1n) is 6.99. The van der Waals surface area contributed by atoms with Gasteiger partial charge in [-0.3, -0.25) is 4.90 Å². The van der Waals surface area contributed by atoms with Crippen LogP contribution in [0.5, 0.6) is 0 Å². The van der Waals surface area contributed by atoms with Crippen molar-refractivity contribution in [1.29, 1.82) is 0 Å². The van der Waals surface area contributed by atoms with Gasteiger partial charge in [-0.2, -0.15) is 0 Å². The first-order chi connectivity index (χ1) is 9.15. The minimum absolute atomic E-state index is 0.696. The van der Waals surface area contributed by atoms with E-state index in [1.54, 1.807) is 0 Å². The molecule has 1 fully saturated rings. The summed E-state index contributed by atoms with van der Waals surface area (Å²) in [7, 11) is 0. The molecule has 0 spiro atoms. The quantitative estimate of drug-likeness (QED) is 0.756. The van der Waals surface area contributed by atoms with Crippen LogP contribution in [0, 0.1) is 0 Å². The van der Waals surface area contributed by atoms with E-state index < -0.39 is 0 Å². The average Bonchev–Trinajstić information content (AvgIpc) is 2.46. The number of anilines is 1. The lowest BCUT2D eigenvalue weighted by Crippen LogP contribution is -2.49. The van der Waals surface area contributed by atoms with Gasteiger partial charge in [-0.25, -0.2) is 0 Å². The Bertz CT molecular complexity index is 417. The van der Waals surface area contributed by atoms with Crippen molar-refractivity contribution in [3.63, 3.8) is 0 Å². The predicted octanol–water partition coefficient (Wildman–Crippen LogP) is 4.16. The van der Waals surface area contributed by atoms with Crippen molar-refractivity contribution in [2.75, 3.05) is 31.1 Å². The third-order valence-electron chi connectivity index (χ3n) is 4.07. The van der Waals surface area contributed by atoms with Crippen molar-refractivity contribution >= 4 is 33.2 Å². The highest BCUT2D eigenvalue weighted by atomic mass is 79.9. The number of hydrogen-bond acceptors (Lipinski definition) is 2. The third kappa shape index (κ3) is 3.65. The molecule has 1 aromatic rings. The second-order valence-corrected chi connectivity index (χ2v) is 6.16. The summed E-state index contributed by atoms with van der Waals surface area (Å²) in [6.07, 6.45) is 1.23. The van der Waals surface area contributed by atoms with Crippen LogP contribution >= 0.6 is 27.5 Å². The Morgan fingerprint density at radius 2 is 1.95 bits per heavy atom. The monoisotopic (exact) mass is 344 g/mol. The highest BCUT2D eigenvalue weighted by Gasteiger charge is 2.20. The molecule has 1 heterocycles. The maximum Gasteiger partial charge on any atom is 0.0467 e. The van der Waals surface area contributed by atoms with Gasteiger partial charge in [0.2, 0.25) is 0 Å². The van der Waals surface area contributed by atoms with E-state index in [-0.39, 0.29) is 0 Å². The Morgan fingerprint density at radius 3 is 2.47 bits per heavy atom. The Kier molecular flexibility index (Phi) is 5.55. The summed E-state index contributed by atoms with van der Waals surface area (Å²) in [6, 6.07) is 7.09. The van der Waals surface area contributed by atoms with Crippen LogP contribution in [0.15, 0.2) is 18.2 Å². The number of piperazine rings is 1. The molecule has 1 unspecified atom stereocenters. The molecule has 0 aliphatic carbocycles. The molecule has 1 aromatic carbocycles. The molecule has 1 aliphatic heterocycles. The highest BCUT2D eigenvalue weighted by molar-refractivity contribution is 9.08. The lowest BCUT2D eigenvalue weighted by Gasteiger charge is -2.39.